The minimum absolute atomic E-state index is 0.0120. The van der Waals surface area contributed by atoms with Crippen molar-refractivity contribution in [1.29, 1.82) is 0 Å². The highest BCUT2D eigenvalue weighted by atomic mass is 19.1. The maximum atomic E-state index is 15.2. The fraction of sp³-hybridized carbons (Fsp3) is 0.520. The average Bonchev–Trinajstić information content (AvgIpc) is 3.56. The Morgan fingerprint density at radius 1 is 1.14 bits per heavy atom. The van der Waals surface area contributed by atoms with Gasteiger partial charge in [0.25, 0.3) is 5.56 Å². The van der Waals surface area contributed by atoms with Crippen LogP contribution in [0.2, 0.25) is 0 Å². The second-order valence-electron chi connectivity index (χ2n) is 9.43. The van der Waals surface area contributed by atoms with Crippen molar-refractivity contribution in [3.05, 3.63) is 56.6 Å². The van der Waals surface area contributed by atoms with Crippen molar-refractivity contribution in [2.45, 2.75) is 76.4 Å². The second kappa shape index (κ2) is 9.67. The van der Waals surface area contributed by atoms with E-state index in [4.69, 9.17) is 4.42 Å². The summed E-state index contributed by atoms with van der Waals surface area (Å²) in [6.07, 6.45) is 10.0. The summed E-state index contributed by atoms with van der Waals surface area (Å²) in [5.41, 5.74) is -0.423. The second-order valence-corrected chi connectivity index (χ2v) is 9.43. The first kappa shape index (κ1) is 23.3. The lowest BCUT2D eigenvalue weighted by molar-refractivity contribution is 0.0594. The van der Waals surface area contributed by atoms with Crippen molar-refractivity contribution < 1.29 is 18.3 Å². The van der Waals surface area contributed by atoms with Crippen molar-refractivity contribution in [3.8, 4) is 0 Å². The molecule has 0 radical (unpaired) electrons. The summed E-state index contributed by atoms with van der Waals surface area (Å²) < 4.78 is 27.7. The van der Waals surface area contributed by atoms with E-state index in [1.165, 1.54) is 19.6 Å². The van der Waals surface area contributed by atoms with Gasteiger partial charge in [-0.15, -0.1) is 0 Å². The monoisotopic (exact) mass is 484 g/mol. The molecule has 5 rings (SSSR count). The number of carbonyl (C=O) groups excluding carboxylic acids is 1. The van der Waals surface area contributed by atoms with Crippen LogP contribution in [-0.2, 0) is 11.3 Å². The molecular formula is C25H29FN4O5. The molecule has 0 bridgehead atoms. The number of aromatic nitrogens is 3. The van der Waals surface area contributed by atoms with Gasteiger partial charge in [0.2, 0.25) is 5.89 Å². The van der Waals surface area contributed by atoms with E-state index in [0.29, 0.717) is 11.2 Å². The molecule has 1 aromatic carbocycles. The Morgan fingerprint density at radius 3 is 2.57 bits per heavy atom. The van der Waals surface area contributed by atoms with Crippen LogP contribution in [0.3, 0.4) is 0 Å². The lowest BCUT2D eigenvalue weighted by atomic mass is 9.95. The van der Waals surface area contributed by atoms with Crippen LogP contribution >= 0.6 is 0 Å². The summed E-state index contributed by atoms with van der Waals surface area (Å²) in [7, 11) is 1.22. The number of anilines is 1. The van der Waals surface area contributed by atoms with Gasteiger partial charge < -0.3 is 14.5 Å². The highest BCUT2D eigenvalue weighted by molar-refractivity contribution is 5.86. The number of ether oxygens (including phenoxy) is 1. The molecule has 2 aromatic heterocycles. The molecular weight excluding hydrogens is 455 g/mol. The van der Waals surface area contributed by atoms with Crippen LogP contribution in [0.5, 0.6) is 0 Å². The summed E-state index contributed by atoms with van der Waals surface area (Å²) in [4.78, 5) is 42.7. The van der Waals surface area contributed by atoms with Crippen LogP contribution in [0, 0.1) is 5.82 Å². The number of nitrogens with one attached hydrogen (secondary N) is 1. The third-order valence-corrected chi connectivity index (χ3v) is 7.15. The molecule has 35 heavy (non-hydrogen) atoms. The number of fused-ring (bicyclic) bond motifs is 1. The quantitative estimate of drug-likeness (QED) is 0.527. The third-order valence-electron chi connectivity index (χ3n) is 7.15. The molecule has 2 aliphatic carbocycles. The van der Waals surface area contributed by atoms with Gasteiger partial charge in [0.1, 0.15) is 18.6 Å². The maximum Gasteiger partial charge on any atom is 0.360 e. The zero-order valence-corrected chi connectivity index (χ0v) is 19.7. The van der Waals surface area contributed by atoms with Crippen LogP contribution in [0.4, 0.5) is 10.1 Å². The molecule has 0 aliphatic heterocycles. The van der Waals surface area contributed by atoms with Gasteiger partial charge in [-0.2, -0.15) is 0 Å². The Kier molecular flexibility index (Phi) is 6.44. The van der Waals surface area contributed by atoms with Crippen LogP contribution in [0.15, 0.2) is 32.4 Å². The van der Waals surface area contributed by atoms with Gasteiger partial charge in [-0.05, 0) is 37.8 Å². The van der Waals surface area contributed by atoms with E-state index in [1.807, 2.05) is 0 Å². The van der Waals surface area contributed by atoms with E-state index in [0.717, 1.165) is 62.2 Å². The molecule has 2 heterocycles. The zero-order valence-electron chi connectivity index (χ0n) is 19.7. The smallest absolute Gasteiger partial charge is 0.360 e. The summed E-state index contributed by atoms with van der Waals surface area (Å²) in [5, 5.41) is 3.43. The Morgan fingerprint density at radius 2 is 1.86 bits per heavy atom. The SMILES string of the molecule is COC(=O)c1coc(Cn2c(=O)c3cc(F)c(NC4CCCCC4)cc3n(C3CCCC3)c2=O)n1. The van der Waals surface area contributed by atoms with E-state index in [1.54, 1.807) is 10.6 Å². The van der Waals surface area contributed by atoms with Crippen LogP contribution in [-0.4, -0.2) is 33.2 Å². The van der Waals surface area contributed by atoms with Crippen molar-refractivity contribution in [3.63, 3.8) is 0 Å². The Hall–Kier alpha value is -3.43. The van der Waals surface area contributed by atoms with Crippen LogP contribution in [0.25, 0.3) is 10.9 Å². The molecule has 2 aliphatic rings. The summed E-state index contributed by atoms with van der Waals surface area (Å²) in [5.74, 6) is -1.19. The molecule has 1 N–H and O–H groups in total. The minimum atomic E-state index is -0.686. The van der Waals surface area contributed by atoms with Crippen LogP contribution < -0.4 is 16.6 Å². The molecule has 3 aromatic rings. The van der Waals surface area contributed by atoms with Gasteiger partial charge in [0.15, 0.2) is 5.69 Å². The Labute approximate surface area is 200 Å². The van der Waals surface area contributed by atoms with Crippen molar-refractivity contribution in [2.24, 2.45) is 0 Å². The van der Waals surface area contributed by atoms with Gasteiger partial charge >= 0.3 is 11.7 Å². The van der Waals surface area contributed by atoms with E-state index in [9.17, 15) is 14.4 Å². The molecule has 0 atom stereocenters. The number of oxazole rings is 1. The molecule has 9 nitrogen and oxygen atoms in total. The average molecular weight is 485 g/mol. The highest BCUT2D eigenvalue weighted by Gasteiger charge is 2.26. The zero-order chi connectivity index (χ0) is 24.5. The number of carbonyl (C=O) groups is 1. The van der Waals surface area contributed by atoms with Crippen molar-refractivity contribution in [2.75, 3.05) is 12.4 Å². The first-order valence-corrected chi connectivity index (χ1v) is 12.2. The first-order valence-electron chi connectivity index (χ1n) is 12.2. The molecule has 0 spiro atoms. The number of rotatable bonds is 6. The lowest BCUT2D eigenvalue weighted by Gasteiger charge is -2.25. The van der Waals surface area contributed by atoms with E-state index in [-0.39, 0.29) is 35.6 Å². The molecule has 0 saturated heterocycles. The van der Waals surface area contributed by atoms with Crippen LogP contribution in [0.1, 0.15) is 80.2 Å². The number of nitrogens with zero attached hydrogens (tertiary/aromatic N) is 3. The van der Waals surface area contributed by atoms with E-state index in [2.05, 4.69) is 15.0 Å². The number of benzene rings is 1. The predicted octanol–water partition coefficient (Wildman–Crippen LogP) is 3.98. The standard InChI is InChI=1S/C25H29FN4O5/c1-34-24(32)20-14-35-22(28-20)13-29-23(31)17-11-18(26)19(27-15-7-3-2-4-8-15)12-21(17)30(25(29)33)16-9-5-6-10-16/h11-12,14-16,27H,2-10,13H2,1H3. The Balaban J connectivity index is 1.61. The topological polar surface area (TPSA) is 108 Å². The number of halogens is 1. The maximum absolute atomic E-state index is 15.2. The highest BCUT2D eigenvalue weighted by Crippen LogP contribution is 2.32. The van der Waals surface area contributed by atoms with E-state index < -0.39 is 23.0 Å². The van der Waals surface area contributed by atoms with Gasteiger partial charge in [0, 0.05) is 12.1 Å². The summed E-state index contributed by atoms with van der Waals surface area (Å²) in [6.45, 7) is -0.277. The largest absolute Gasteiger partial charge is 0.464 e. The Bertz CT molecular complexity index is 1360. The van der Waals surface area contributed by atoms with Gasteiger partial charge in [-0.25, -0.2) is 19.0 Å². The number of methoxy groups -OCH3 is 1. The third kappa shape index (κ3) is 4.49. The predicted molar refractivity (Wildman–Crippen MR) is 127 cm³/mol. The molecule has 0 amide bonds. The molecule has 186 valence electrons. The number of esters is 1. The fourth-order valence-electron chi connectivity index (χ4n) is 5.35. The van der Waals surface area contributed by atoms with Crippen molar-refractivity contribution in [1.82, 2.24) is 14.1 Å². The number of hydrogen-bond acceptors (Lipinski definition) is 7. The minimum Gasteiger partial charge on any atom is -0.464 e. The van der Waals surface area contributed by atoms with Crippen molar-refractivity contribution >= 4 is 22.6 Å². The summed E-state index contributed by atoms with van der Waals surface area (Å²) >= 11 is 0. The van der Waals surface area contributed by atoms with Gasteiger partial charge in [-0.1, -0.05) is 32.1 Å². The molecule has 10 heteroatoms. The number of hydrogen-bond donors (Lipinski definition) is 1. The van der Waals surface area contributed by atoms with Gasteiger partial charge in [0.05, 0.1) is 23.7 Å². The lowest BCUT2D eigenvalue weighted by Crippen LogP contribution is -2.41. The normalized spacial score (nSPS) is 17.2. The molecule has 2 saturated carbocycles. The molecule has 0 unspecified atom stereocenters. The van der Waals surface area contributed by atoms with E-state index >= 15 is 4.39 Å². The fourth-order valence-corrected chi connectivity index (χ4v) is 5.35. The molecule has 2 fully saturated rings. The first-order chi connectivity index (χ1) is 17.0. The summed E-state index contributed by atoms with van der Waals surface area (Å²) in [6, 6.07) is 2.93. The van der Waals surface area contributed by atoms with Gasteiger partial charge in [-0.3, -0.25) is 13.9 Å².